The molecule has 0 saturated carbocycles. The number of nitrogens with zero attached hydrogens (tertiary/aromatic N) is 3. The lowest BCUT2D eigenvalue weighted by Gasteiger charge is -2.24. The van der Waals surface area contributed by atoms with Crippen molar-refractivity contribution in [2.45, 2.75) is 46.1 Å². The van der Waals surface area contributed by atoms with Gasteiger partial charge in [0, 0.05) is 34.2 Å². The van der Waals surface area contributed by atoms with Gasteiger partial charge in [-0.15, -0.1) is 0 Å². The van der Waals surface area contributed by atoms with Gasteiger partial charge >= 0.3 is 0 Å². The summed E-state index contributed by atoms with van der Waals surface area (Å²) in [6.07, 6.45) is 6.50. The van der Waals surface area contributed by atoms with Crippen molar-refractivity contribution in [2.75, 3.05) is 18.5 Å². The van der Waals surface area contributed by atoms with Crippen LogP contribution in [0.25, 0.3) is 11.1 Å². The summed E-state index contributed by atoms with van der Waals surface area (Å²) < 4.78 is 11.2. The van der Waals surface area contributed by atoms with E-state index in [1.165, 1.54) is 19.0 Å². The second kappa shape index (κ2) is 9.26. The van der Waals surface area contributed by atoms with E-state index < -0.39 is 0 Å². The number of hydrogen-bond donors (Lipinski definition) is 2. The van der Waals surface area contributed by atoms with Gasteiger partial charge in [-0.25, -0.2) is 9.97 Å². The van der Waals surface area contributed by atoms with Crippen molar-refractivity contribution in [1.82, 2.24) is 20.4 Å². The van der Waals surface area contributed by atoms with Crippen LogP contribution in [0.4, 0.5) is 5.69 Å². The minimum Gasteiger partial charge on any atom is -0.491 e. The number of amides is 1. The van der Waals surface area contributed by atoms with Gasteiger partial charge in [0.15, 0.2) is 0 Å². The summed E-state index contributed by atoms with van der Waals surface area (Å²) in [5.74, 6) is 0.941. The van der Waals surface area contributed by atoms with Crippen LogP contribution in [0.3, 0.4) is 0 Å². The van der Waals surface area contributed by atoms with E-state index in [1.807, 2.05) is 32.0 Å². The molecule has 1 atom stereocenters. The van der Waals surface area contributed by atoms with E-state index in [0.717, 1.165) is 41.2 Å². The summed E-state index contributed by atoms with van der Waals surface area (Å²) in [6.45, 7) is 7.21. The van der Waals surface area contributed by atoms with Gasteiger partial charge < -0.3 is 19.9 Å². The molecule has 1 aromatic carbocycles. The standard InChI is InChI=1S/C23H27N5O3/c1-14-22(15(2)26-13-25-14)19-10-17(28-23(29)20-11-27-31-16(20)3)7-8-21(19)30-12-18-6-4-5-9-24-18/h7-8,10-11,13,18,24H,4-6,9,12H2,1-3H3,(H,28,29). The van der Waals surface area contributed by atoms with Crippen LogP contribution < -0.4 is 15.4 Å². The Bertz CT molecular complexity index is 1050. The molecule has 0 spiro atoms. The molecule has 162 valence electrons. The van der Waals surface area contributed by atoms with Gasteiger partial charge in [0.1, 0.15) is 30.0 Å². The maximum Gasteiger partial charge on any atom is 0.260 e. The monoisotopic (exact) mass is 421 g/mol. The zero-order chi connectivity index (χ0) is 21.8. The Morgan fingerprint density at radius 1 is 1.23 bits per heavy atom. The predicted octanol–water partition coefficient (Wildman–Crippen LogP) is 3.83. The van der Waals surface area contributed by atoms with Crippen LogP contribution in [-0.4, -0.2) is 40.2 Å². The van der Waals surface area contributed by atoms with Gasteiger partial charge in [-0.3, -0.25) is 4.79 Å². The van der Waals surface area contributed by atoms with E-state index >= 15 is 0 Å². The Kier molecular flexibility index (Phi) is 6.27. The first-order valence-electron chi connectivity index (χ1n) is 10.5. The molecule has 0 bridgehead atoms. The van der Waals surface area contributed by atoms with Crippen molar-refractivity contribution >= 4 is 11.6 Å². The molecular weight excluding hydrogens is 394 g/mol. The molecule has 0 radical (unpaired) electrons. The van der Waals surface area contributed by atoms with E-state index in [0.29, 0.717) is 29.7 Å². The second-order valence-electron chi connectivity index (χ2n) is 7.84. The number of carbonyl (C=O) groups is 1. The molecular formula is C23H27N5O3. The molecule has 1 aliphatic heterocycles. The number of nitrogens with one attached hydrogen (secondary N) is 2. The summed E-state index contributed by atoms with van der Waals surface area (Å²) in [6, 6.07) is 5.97. The highest BCUT2D eigenvalue weighted by molar-refractivity contribution is 6.05. The second-order valence-corrected chi connectivity index (χ2v) is 7.84. The first kappa shape index (κ1) is 21.0. The molecule has 0 aliphatic carbocycles. The van der Waals surface area contributed by atoms with Crippen LogP contribution in [0.15, 0.2) is 35.2 Å². The largest absolute Gasteiger partial charge is 0.491 e. The molecule has 2 aromatic heterocycles. The zero-order valence-corrected chi connectivity index (χ0v) is 18.1. The number of aromatic nitrogens is 3. The molecule has 8 nitrogen and oxygen atoms in total. The first-order valence-corrected chi connectivity index (χ1v) is 10.5. The lowest BCUT2D eigenvalue weighted by atomic mass is 10.0. The summed E-state index contributed by atoms with van der Waals surface area (Å²) in [7, 11) is 0. The van der Waals surface area contributed by atoms with Crippen molar-refractivity contribution in [3.05, 3.63) is 53.4 Å². The van der Waals surface area contributed by atoms with E-state index in [1.54, 1.807) is 13.3 Å². The normalized spacial score (nSPS) is 16.2. The number of ether oxygens (including phenoxy) is 1. The van der Waals surface area contributed by atoms with Crippen molar-refractivity contribution in [2.24, 2.45) is 0 Å². The third-order valence-electron chi connectivity index (χ3n) is 5.58. The molecule has 1 aliphatic rings. The lowest BCUT2D eigenvalue weighted by Crippen LogP contribution is -2.38. The average molecular weight is 422 g/mol. The Hall–Kier alpha value is -3.26. The van der Waals surface area contributed by atoms with Crippen LogP contribution in [0.2, 0.25) is 0 Å². The molecule has 31 heavy (non-hydrogen) atoms. The Morgan fingerprint density at radius 2 is 2.03 bits per heavy atom. The van der Waals surface area contributed by atoms with E-state index in [2.05, 4.69) is 25.8 Å². The Labute approximate surface area is 181 Å². The van der Waals surface area contributed by atoms with Crippen LogP contribution in [-0.2, 0) is 0 Å². The molecule has 1 amide bonds. The zero-order valence-electron chi connectivity index (χ0n) is 18.1. The fraction of sp³-hybridized carbons (Fsp3) is 0.391. The Morgan fingerprint density at radius 3 is 2.71 bits per heavy atom. The van der Waals surface area contributed by atoms with E-state index in [4.69, 9.17) is 9.26 Å². The highest BCUT2D eigenvalue weighted by Crippen LogP contribution is 2.36. The smallest absolute Gasteiger partial charge is 0.260 e. The van der Waals surface area contributed by atoms with E-state index in [9.17, 15) is 4.79 Å². The van der Waals surface area contributed by atoms with Gasteiger partial charge in [-0.05, 0) is 58.4 Å². The topological polar surface area (TPSA) is 102 Å². The molecule has 1 fully saturated rings. The molecule has 2 N–H and O–H groups in total. The van der Waals surface area contributed by atoms with Crippen LogP contribution >= 0.6 is 0 Å². The van der Waals surface area contributed by atoms with Crippen molar-refractivity contribution in [1.29, 1.82) is 0 Å². The molecule has 3 heterocycles. The number of anilines is 1. The van der Waals surface area contributed by atoms with Crippen molar-refractivity contribution < 1.29 is 14.1 Å². The maximum absolute atomic E-state index is 12.6. The first-order chi connectivity index (χ1) is 15.0. The highest BCUT2D eigenvalue weighted by Gasteiger charge is 2.19. The van der Waals surface area contributed by atoms with Gasteiger partial charge in [0.25, 0.3) is 5.91 Å². The predicted molar refractivity (Wildman–Crippen MR) is 117 cm³/mol. The molecule has 3 aromatic rings. The van der Waals surface area contributed by atoms with Gasteiger partial charge in [0.2, 0.25) is 0 Å². The van der Waals surface area contributed by atoms with Gasteiger partial charge in [-0.1, -0.05) is 11.6 Å². The number of aryl methyl sites for hydroxylation is 3. The number of benzene rings is 1. The number of hydrogen-bond acceptors (Lipinski definition) is 7. The van der Waals surface area contributed by atoms with Crippen molar-refractivity contribution in [3.63, 3.8) is 0 Å². The van der Waals surface area contributed by atoms with Crippen LogP contribution in [0, 0.1) is 20.8 Å². The van der Waals surface area contributed by atoms with E-state index in [-0.39, 0.29) is 5.91 Å². The number of piperidine rings is 1. The molecule has 1 saturated heterocycles. The molecule has 4 rings (SSSR count). The molecule has 8 heteroatoms. The SMILES string of the molecule is Cc1ncnc(C)c1-c1cc(NC(=O)c2cnoc2C)ccc1OCC1CCCCN1. The third kappa shape index (κ3) is 4.74. The lowest BCUT2D eigenvalue weighted by molar-refractivity contribution is 0.102. The summed E-state index contributed by atoms with van der Waals surface area (Å²) in [5.41, 5.74) is 4.52. The summed E-state index contributed by atoms with van der Waals surface area (Å²) >= 11 is 0. The quantitative estimate of drug-likeness (QED) is 0.623. The van der Waals surface area contributed by atoms with Crippen LogP contribution in [0.5, 0.6) is 5.75 Å². The highest BCUT2D eigenvalue weighted by atomic mass is 16.5. The van der Waals surface area contributed by atoms with Crippen molar-refractivity contribution in [3.8, 4) is 16.9 Å². The Balaban J connectivity index is 1.64. The third-order valence-corrected chi connectivity index (χ3v) is 5.58. The van der Waals surface area contributed by atoms with Crippen LogP contribution in [0.1, 0.15) is 46.8 Å². The fourth-order valence-corrected chi connectivity index (χ4v) is 3.88. The number of rotatable bonds is 6. The number of carbonyl (C=O) groups excluding carboxylic acids is 1. The summed E-state index contributed by atoms with van der Waals surface area (Å²) in [4.78, 5) is 21.3. The minimum absolute atomic E-state index is 0.275. The maximum atomic E-state index is 12.6. The van der Waals surface area contributed by atoms with Gasteiger partial charge in [-0.2, -0.15) is 0 Å². The summed E-state index contributed by atoms with van der Waals surface area (Å²) in [5, 5.41) is 10.1. The molecule has 1 unspecified atom stereocenters. The fourth-order valence-electron chi connectivity index (χ4n) is 3.88. The average Bonchev–Trinajstić information content (AvgIpc) is 3.20. The van der Waals surface area contributed by atoms with Gasteiger partial charge in [0.05, 0.1) is 6.20 Å². The minimum atomic E-state index is -0.275.